The van der Waals surface area contributed by atoms with E-state index in [0.717, 1.165) is 17.8 Å². The molecule has 1 atom stereocenters. The molecule has 0 aromatic heterocycles. The molecule has 0 heterocycles. The van der Waals surface area contributed by atoms with Gasteiger partial charge in [-0.2, -0.15) is 12.1 Å². The standard InChI is InChI=1S/C26H27.C23H27.2CH3.2ClH.Si.Zr/c1-17-9-22-3-2-4-24(25(22)10-17)21-5-7-23(8-6-21)26-14-18-11-19(15-26)13-20(12-18)16-26;1-6-16(2)19-14-18-8-7-9-21(22(18)15-19)17-10-12-20(13-11-17)23(3,4)5;;;;;;/h2-10,18-20H,11-16H2,1H3;7-16H,6H2,1-5H3;2*1H3;2*1H;;/q4*-1;;;;. The third-order valence-corrected chi connectivity index (χ3v) is 12.8. The third kappa shape index (κ3) is 9.74. The van der Waals surface area contributed by atoms with Gasteiger partial charge in [-0.05, 0) is 95.3 Å². The quantitative estimate of drug-likeness (QED) is 0.120. The van der Waals surface area contributed by atoms with Crippen LogP contribution in [0.25, 0.3) is 43.8 Å². The van der Waals surface area contributed by atoms with Crippen LogP contribution in [0.1, 0.15) is 108 Å². The van der Waals surface area contributed by atoms with Crippen molar-refractivity contribution in [2.75, 3.05) is 0 Å². The zero-order chi connectivity index (χ0) is 35.9. The zero-order valence-electron chi connectivity index (χ0n) is 34.5. The Morgan fingerprint density at radius 2 is 1.15 bits per heavy atom. The first-order chi connectivity index (χ1) is 24.6. The van der Waals surface area contributed by atoms with E-state index in [1.54, 1.807) is 5.56 Å². The predicted octanol–water partition coefficient (Wildman–Crippen LogP) is 15.4. The van der Waals surface area contributed by atoms with Crippen molar-refractivity contribution in [3.8, 4) is 22.3 Å². The number of hydrogen-bond donors (Lipinski definition) is 0. The summed E-state index contributed by atoms with van der Waals surface area (Å²) in [5, 5.41) is 5.50. The van der Waals surface area contributed by atoms with E-state index < -0.39 is 0 Å². The van der Waals surface area contributed by atoms with Crippen LogP contribution in [-0.4, -0.2) is 6.88 Å². The van der Waals surface area contributed by atoms with Gasteiger partial charge in [0.05, 0.1) is 0 Å². The average molecular weight is 865 g/mol. The van der Waals surface area contributed by atoms with Crippen molar-refractivity contribution in [3.05, 3.63) is 146 Å². The Morgan fingerprint density at radius 1 is 0.691 bits per heavy atom. The van der Waals surface area contributed by atoms with Crippen molar-refractivity contribution in [2.24, 2.45) is 17.8 Å². The Balaban J connectivity index is 0.000000266. The minimum absolute atomic E-state index is 0. The van der Waals surface area contributed by atoms with Gasteiger partial charge in [0, 0.05) is 0 Å². The van der Waals surface area contributed by atoms with Crippen molar-refractivity contribution in [2.45, 2.75) is 103 Å². The number of benzene rings is 4. The van der Waals surface area contributed by atoms with Crippen LogP contribution in [0, 0.1) is 39.5 Å². The van der Waals surface area contributed by atoms with Crippen LogP contribution in [-0.2, 0) is 34.2 Å². The molecule has 0 saturated heterocycles. The van der Waals surface area contributed by atoms with Crippen molar-refractivity contribution >= 4 is 53.2 Å². The number of aryl methyl sites for hydroxylation is 1. The van der Waals surface area contributed by atoms with E-state index in [9.17, 15) is 0 Å². The summed E-state index contributed by atoms with van der Waals surface area (Å²) in [7, 11) is 0. The van der Waals surface area contributed by atoms with Crippen molar-refractivity contribution in [1.82, 2.24) is 0 Å². The van der Waals surface area contributed by atoms with Crippen LogP contribution < -0.4 is 0 Å². The molecule has 0 aliphatic heterocycles. The molecular formula is C51H62Cl2SiZr-4. The van der Waals surface area contributed by atoms with E-state index in [4.69, 9.17) is 0 Å². The Kier molecular flexibility index (Phi) is 16.7. The van der Waals surface area contributed by atoms with E-state index in [2.05, 4.69) is 158 Å². The number of halogens is 2. The van der Waals surface area contributed by atoms with E-state index in [1.165, 1.54) is 129 Å². The molecule has 55 heavy (non-hydrogen) atoms. The monoisotopic (exact) mass is 862 g/mol. The molecule has 6 aromatic carbocycles. The van der Waals surface area contributed by atoms with Crippen LogP contribution >= 0.6 is 24.8 Å². The molecule has 4 heteroatoms. The molecule has 292 valence electrons. The summed E-state index contributed by atoms with van der Waals surface area (Å²) in [5.41, 5.74) is 12.0. The van der Waals surface area contributed by atoms with Crippen LogP contribution in [0.5, 0.6) is 0 Å². The first-order valence-corrected chi connectivity index (χ1v) is 23.6. The van der Waals surface area contributed by atoms with E-state index in [0.29, 0.717) is 11.3 Å². The van der Waals surface area contributed by atoms with Gasteiger partial charge in [0.2, 0.25) is 0 Å². The normalized spacial score (nSPS) is 21.0. The van der Waals surface area contributed by atoms with Gasteiger partial charge in [-0.15, -0.1) is 93.9 Å². The fraction of sp³-hybridized carbons (Fsp3) is 0.373. The van der Waals surface area contributed by atoms with Gasteiger partial charge in [0.15, 0.2) is 0 Å². The number of rotatable bonds is 5. The third-order valence-electron chi connectivity index (χ3n) is 12.8. The second kappa shape index (κ2) is 19.5. The maximum atomic E-state index is 3.06. The molecule has 0 spiro atoms. The molecule has 4 aliphatic rings. The van der Waals surface area contributed by atoms with E-state index in [-0.39, 0.29) is 45.1 Å². The summed E-state index contributed by atoms with van der Waals surface area (Å²) in [5.74, 6) is 3.67. The van der Waals surface area contributed by atoms with Gasteiger partial charge in [-0.3, -0.25) is 0 Å². The molecule has 0 nitrogen and oxygen atoms in total. The molecule has 1 unspecified atom stereocenters. The molecule has 4 saturated carbocycles. The van der Waals surface area contributed by atoms with E-state index >= 15 is 0 Å². The Labute approximate surface area is 363 Å². The molecule has 2 radical (unpaired) electrons. The second-order valence-corrected chi connectivity index (χ2v) is 17.4. The predicted molar refractivity (Wildman–Crippen MR) is 245 cm³/mol. The van der Waals surface area contributed by atoms with Gasteiger partial charge in [0.25, 0.3) is 0 Å². The zero-order valence-corrected chi connectivity index (χ0v) is 39.6. The van der Waals surface area contributed by atoms with Gasteiger partial charge in [0.1, 0.15) is 0 Å². The van der Waals surface area contributed by atoms with Crippen molar-refractivity contribution < 1.29 is 23.3 Å². The summed E-state index contributed by atoms with van der Waals surface area (Å²) < 4.78 is 0. The summed E-state index contributed by atoms with van der Waals surface area (Å²) >= 11 is 1.36. The Morgan fingerprint density at radius 3 is 1.62 bits per heavy atom. The summed E-state index contributed by atoms with van der Waals surface area (Å²) in [6.45, 7) is 16.6. The van der Waals surface area contributed by atoms with Gasteiger partial charge in [-0.25, -0.2) is 0 Å². The SMILES string of the molecule is CCC(C)c1cc2c(-c3ccc(C(C)(C)C)cc3)cccc2[cH-]1.Cc1cc2c(-c3ccc(C45CC6CC(CC(C6)C4)C5)cc3)cccc2[cH-]1.Cl.Cl.[CH3-].[CH3-].[Si]=[Zr]. The molecule has 4 bridgehead atoms. The molecule has 10 rings (SSSR count). The Bertz CT molecular complexity index is 2080. The van der Waals surface area contributed by atoms with Crippen LogP contribution in [0.4, 0.5) is 0 Å². The van der Waals surface area contributed by atoms with Crippen LogP contribution in [0.15, 0.2) is 109 Å². The number of hydrogen-bond acceptors (Lipinski definition) is 0. The molecular weight excluding hydrogens is 803 g/mol. The summed E-state index contributed by atoms with van der Waals surface area (Å²) in [4.78, 5) is 0. The number of fused-ring (bicyclic) bond motifs is 2. The molecule has 4 fully saturated rings. The van der Waals surface area contributed by atoms with Crippen LogP contribution in [0.2, 0.25) is 0 Å². The van der Waals surface area contributed by atoms with Crippen molar-refractivity contribution in [3.63, 3.8) is 0 Å². The molecule has 6 aromatic rings. The van der Waals surface area contributed by atoms with Gasteiger partial charge < -0.3 is 14.9 Å². The van der Waals surface area contributed by atoms with Gasteiger partial charge in [-0.1, -0.05) is 120 Å². The maximum absolute atomic E-state index is 3.06. The van der Waals surface area contributed by atoms with Gasteiger partial charge >= 0.3 is 30.2 Å². The Hall–Kier alpha value is -2.22. The minimum atomic E-state index is 0. The first kappa shape index (κ1) is 47.2. The second-order valence-electron chi connectivity index (χ2n) is 17.4. The molecule has 0 N–H and O–H groups in total. The fourth-order valence-electron chi connectivity index (χ4n) is 10.3. The fourth-order valence-corrected chi connectivity index (χ4v) is 10.3. The summed E-state index contributed by atoms with van der Waals surface area (Å²) in [6.07, 6.45) is 10.1. The van der Waals surface area contributed by atoms with E-state index in [1.807, 2.05) is 0 Å². The molecule has 0 amide bonds. The first-order valence-electron chi connectivity index (χ1n) is 19.4. The summed E-state index contributed by atoms with van der Waals surface area (Å²) in [6, 6.07) is 41.5. The molecule has 4 aliphatic carbocycles. The van der Waals surface area contributed by atoms with Crippen molar-refractivity contribution in [1.29, 1.82) is 0 Å². The van der Waals surface area contributed by atoms with Crippen LogP contribution in [0.3, 0.4) is 0 Å². The average Bonchev–Trinajstić information content (AvgIpc) is 3.75. The topological polar surface area (TPSA) is 0 Å².